The number of carbonyl (C=O) groups excluding carboxylic acids is 1. The lowest BCUT2D eigenvalue weighted by Crippen LogP contribution is -2.62. The number of carboxylic acid groups (broad SMARTS) is 1. The minimum absolute atomic E-state index is 0.0211. The van der Waals surface area contributed by atoms with E-state index in [-0.39, 0.29) is 29.8 Å². The average Bonchev–Trinajstić information content (AvgIpc) is 3.27. The number of rotatable bonds is 4. The molecule has 1 unspecified atom stereocenters. The predicted molar refractivity (Wildman–Crippen MR) is 127 cm³/mol. The Morgan fingerprint density at radius 3 is 2.10 bits per heavy atom. The van der Waals surface area contributed by atoms with Crippen molar-refractivity contribution in [3.05, 3.63) is 41.0 Å². The summed E-state index contributed by atoms with van der Waals surface area (Å²) in [5.74, 6) is -3.91. The normalized spacial score (nSPS) is 19.5. The van der Waals surface area contributed by atoms with Crippen LogP contribution in [0.2, 0.25) is 0 Å². The highest BCUT2D eigenvalue weighted by Gasteiger charge is 2.62. The Morgan fingerprint density at radius 1 is 0.976 bits per heavy atom. The third-order valence-electron chi connectivity index (χ3n) is 6.62. The Labute approximate surface area is 229 Å². The van der Waals surface area contributed by atoms with Crippen molar-refractivity contribution in [2.75, 3.05) is 32.7 Å². The highest BCUT2D eigenvalue weighted by Crippen LogP contribution is 2.44. The summed E-state index contributed by atoms with van der Waals surface area (Å²) < 4.78 is 128. The number of halogens is 9. The quantitative estimate of drug-likeness (QED) is 0.412. The summed E-state index contributed by atoms with van der Waals surface area (Å²) >= 11 is 0. The molecule has 2 aliphatic heterocycles. The summed E-state index contributed by atoms with van der Waals surface area (Å²) in [6.45, 7) is 1.84. The van der Waals surface area contributed by atoms with E-state index < -0.39 is 80.0 Å². The number of hydrogen-bond acceptors (Lipinski definition) is 4. The second-order valence-corrected chi connectivity index (χ2v) is 10.8. The van der Waals surface area contributed by atoms with Crippen LogP contribution in [0.5, 0.6) is 0 Å². The SMILES string of the molecule is CC(C)(C)OC(=O)N1CC=C(c2cc(C(F)(F)F)ccc2CN2CCN(C(=O)O)CC2C(C(F)(F)F)C(F)(F)F)C1. The average molecular weight is 605 g/mol. The number of piperazine rings is 1. The first-order valence-electron chi connectivity index (χ1n) is 12.3. The van der Waals surface area contributed by atoms with Crippen LogP contribution in [0.25, 0.3) is 5.57 Å². The third kappa shape index (κ3) is 7.98. The van der Waals surface area contributed by atoms with Gasteiger partial charge in [0, 0.05) is 45.3 Å². The maximum Gasteiger partial charge on any atom is 0.416 e. The lowest BCUT2D eigenvalue weighted by molar-refractivity contribution is -0.302. The van der Waals surface area contributed by atoms with Gasteiger partial charge >= 0.3 is 30.7 Å². The Kier molecular flexibility index (Phi) is 8.88. The molecule has 2 amide bonds. The second kappa shape index (κ2) is 11.2. The molecule has 0 bridgehead atoms. The highest BCUT2D eigenvalue weighted by molar-refractivity contribution is 5.79. The van der Waals surface area contributed by atoms with Crippen molar-refractivity contribution < 1.29 is 58.9 Å². The molecule has 1 aromatic rings. The minimum Gasteiger partial charge on any atom is -0.465 e. The van der Waals surface area contributed by atoms with Crippen LogP contribution >= 0.6 is 0 Å². The van der Waals surface area contributed by atoms with E-state index in [4.69, 9.17) is 4.74 Å². The van der Waals surface area contributed by atoms with Crippen LogP contribution in [-0.4, -0.2) is 88.7 Å². The van der Waals surface area contributed by atoms with Crippen molar-refractivity contribution >= 4 is 17.8 Å². The smallest absolute Gasteiger partial charge is 0.416 e. The molecule has 1 fully saturated rings. The van der Waals surface area contributed by atoms with Gasteiger partial charge in [0.1, 0.15) is 5.60 Å². The van der Waals surface area contributed by atoms with Crippen molar-refractivity contribution in [1.82, 2.24) is 14.7 Å². The molecular weight excluding hydrogens is 577 g/mol. The lowest BCUT2D eigenvalue weighted by Gasteiger charge is -2.44. The maximum absolute atomic E-state index is 13.7. The topological polar surface area (TPSA) is 73.3 Å². The molecule has 0 saturated carbocycles. The van der Waals surface area contributed by atoms with E-state index in [0.717, 1.165) is 17.0 Å². The second-order valence-electron chi connectivity index (χ2n) is 10.8. The zero-order valence-corrected chi connectivity index (χ0v) is 22.1. The molecule has 0 aliphatic carbocycles. The Hall–Kier alpha value is -3.17. The maximum atomic E-state index is 13.7. The van der Waals surface area contributed by atoms with Crippen molar-refractivity contribution in [3.8, 4) is 0 Å². The molecule has 0 radical (unpaired) electrons. The van der Waals surface area contributed by atoms with Crippen LogP contribution in [0.1, 0.15) is 37.5 Å². The van der Waals surface area contributed by atoms with Gasteiger partial charge in [0.15, 0.2) is 5.92 Å². The van der Waals surface area contributed by atoms with Crippen LogP contribution in [0, 0.1) is 5.92 Å². The van der Waals surface area contributed by atoms with E-state index in [2.05, 4.69) is 0 Å². The summed E-state index contributed by atoms with van der Waals surface area (Å²) in [6, 6.07) is -0.0435. The lowest BCUT2D eigenvalue weighted by atomic mass is 9.92. The van der Waals surface area contributed by atoms with Gasteiger partial charge in [0.25, 0.3) is 0 Å². The molecule has 0 aromatic heterocycles. The first kappa shape index (κ1) is 32.3. The molecule has 2 aliphatic rings. The molecule has 1 aromatic carbocycles. The van der Waals surface area contributed by atoms with E-state index in [0.29, 0.717) is 11.0 Å². The summed E-state index contributed by atoms with van der Waals surface area (Å²) in [5.41, 5.74) is -1.92. The van der Waals surface area contributed by atoms with E-state index in [1.807, 2.05) is 0 Å². The van der Waals surface area contributed by atoms with Crippen molar-refractivity contribution in [2.24, 2.45) is 5.92 Å². The van der Waals surface area contributed by atoms with Gasteiger partial charge in [-0.25, -0.2) is 9.59 Å². The molecule has 41 heavy (non-hydrogen) atoms. The summed E-state index contributed by atoms with van der Waals surface area (Å²) in [6.07, 6.45) is -17.4. The summed E-state index contributed by atoms with van der Waals surface area (Å²) in [7, 11) is 0. The summed E-state index contributed by atoms with van der Waals surface area (Å²) in [4.78, 5) is 26.3. The summed E-state index contributed by atoms with van der Waals surface area (Å²) in [5, 5.41) is 9.24. The van der Waals surface area contributed by atoms with Gasteiger partial charge in [-0.15, -0.1) is 0 Å². The first-order chi connectivity index (χ1) is 18.6. The van der Waals surface area contributed by atoms with Gasteiger partial charge in [0.05, 0.1) is 5.56 Å². The molecule has 3 rings (SSSR count). The van der Waals surface area contributed by atoms with Gasteiger partial charge in [0.2, 0.25) is 0 Å². The van der Waals surface area contributed by atoms with Crippen molar-refractivity contribution in [1.29, 1.82) is 0 Å². The largest absolute Gasteiger partial charge is 0.465 e. The number of nitrogens with zero attached hydrogens (tertiary/aromatic N) is 3. The van der Waals surface area contributed by atoms with Crippen molar-refractivity contribution in [2.45, 2.75) is 57.5 Å². The van der Waals surface area contributed by atoms with Crippen molar-refractivity contribution in [3.63, 3.8) is 0 Å². The Morgan fingerprint density at radius 2 is 1.59 bits per heavy atom. The molecule has 1 atom stereocenters. The van der Waals surface area contributed by atoms with E-state index in [9.17, 15) is 54.2 Å². The van der Waals surface area contributed by atoms with E-state index in [1.54, 1.807) is 20.8 Å². The van der Waals surface area contributed by atoms with Gasteiger partial charge in [-0.1, -0.05) is 12.1 Å². The van der Waals surface area contributed by atoms with Gasteiger partial charge in [-0.05, 0) is 49.6 Å². The van der Waals surface area contributed by atoms with Crippen LogP contribution in [0.4, 0.5) is 49.1 Å². The highest BCUT2D eigenvalue weighted by atomic mass is 19.4. The number of carbonyl (C=O) groups is 2. The van der Waals surface area contributed by atoms with Gasteiger partial charge in [-0.3, -0.25) is 4.90 Å². The molecule has 16 heteroatoms. The van der Waals surface area contributed by atoms with Crippen LogP contribution < -0.4 is 0 Å². The van der Waals surface area contributed by atoms with Crippen LogP contribution in [0.15, 0.2) is 24.3 Å². The minimum atomic E-state index is -5.78. The Bertz CT molecular complexity index is 1160. The molecule has 7 nitrogen and oxygen atoms in total. The predicted octanol–water partition coefficient (Wildman–Crippen LogP) is 6.24. The number of amides is 2. The molecule has 230 valence electrons. The fourth-order valence-corrected chi connectivity index (χ4v) is 4.78. The molecule has 0 spiro atoms. The molecule has 1 N–H and O–H groups in total. The monoisotopic (exact) mass is 605 g/mol. The number of hydrogen-bond donors (Lipinski definition) is 1. The van der Waals surface area contributed by atoms with E-state index >= 15 is 0 Å². The fraction of sp³-hybridized carbons (Fsp3) is 0.600. The Balaban J connectivity index is 2.01. The van der Waals surface area contributed by atoms with Crippen LogP contribution in [0.3, 0.4) is 0 Å². The molecular formula is C25H28F9N3O4. The van der Waals surface area contributed by atoms with E-state index in [1.165, 1.54) is 11.0 Å². The van der Waals surface area contributed by atoms with Gasteiger partial charge in [-0.2, -0.15) is 39.5 Å². The fourth-order valence-electron chi connectivity index (χ4n) is 4.78. The third-order valence-corrected chi connectivity index (χ3v) is 6.62. The zero-order chi connectivity index (χ0) is 31.1. The van der Waals surface area contributed by atoms with Crippen LogP contribution in [-0.2, 0) is 17.5 Å². The first-order valence-corrected chi connectivity index (χ1v) is 12.3. The zero-order valence-electron chi connectivity index (χ0n) is 22.1. The molecule has 2 heterocycles. The molecule has 1 saturated heterocycles. The number of alkyl halides is 9. The van der Waals surface area contributed by atoms with Gasteiger partial charge < -0.3 is 19.6 Å². The number of ether oxygens (including phenoxy) is 1. The number of benzene rings is 1. The standard InChI is InChI=1S/C25H28F9N3O4/c1-22(2,3)41-21(40)37-7-6-15(12-37)17-10-16(23(26,27)28)5-4-14(17)11-35-8-9-36(20(38)39)13-18(35)19(24(29,30)31)25(32,33)34/h4-6,10,18-19H,7-9,11-13H2,1-3H3,(H,38,39).